The first-order chi connectivity index (χ1) is 16.8. The Morgan fingerprint density at radius 1 is 0.971 bits per heavy atom. The van der Waals surface area contributed by atoms with Crippen LogP contribution in [0.2, 0.25) is 0 Å². The quantitative estimate of drug-likeness (QED) is 0.522. The molecule has 3 aliphatic rings. The minimum Gasteiger partial charge on any atom is -0.481 e. The van der Waals surface area contributed by atoms with Crippen LogP contribution >= 0.6 is 0 Å². The first-order valence-electron chi connectivity index (χ1n) is 12.5. The lowest BCUT2D eigenvalue weighted by Crippen LogP contribution is -2.51. The number of rotatable bonds is 8. The van der Waals surface area contributed by atoms with Crippen molar-refractivity contribution >= 4 is 18.0 Å². The number of hydrogen-bond donors (Lipinski definition) is 3. The Morgan fingerprint density at radius 2 is 1.60 bits per heavy atom. The number of hydrogen-bond acceptors (Lipinski definition) is 4. The number of alkyl carbamates (subject to hydrolysis) is 1. The smallest absolute Gasteiger partial charge is 0.407 e. The molecule has 7 heteroatoms. The van der Waals surface area contributed by atoms with E-state index in [4.69, 9.17) is 4.74 Å². The van der Waals surface area contributed by atoms with Crippen LogP contribution in [-0.4, -0.2) is 41.3 Å². The van der Waals surface area contributed by atoms with Gasteiger partial charge in [-0.2, -0.15) is 0 Å². The molecule has 35 heavy (non-hydrogen) atoms. The highest BCUT2D eigenvalue weighted by Crippen LogP contribution is 2.45. The fourth-order valence-corrected chi connectivity index (χ4v) is 5.83. The van der Waals surface area contributed by atoms with Gasteiger partial charge in [-0.15, -0.1) is 0 Å². The van der Waals surface area contributed by atoms with Crippen LogP contribution in [0.5, 0.6) is 0 Å². The topological polar surface area (TPSA) is 105 Å². The first-order valence-corrected chi connectivity index (χ1v) is 12.5. The summed E-state index contributed by atoms with van der Waals surface area (Å²) in [5.74, 6) is -1.15. The Morgan fingerprint density at radius 3 is 2.17 bits per heavy atom. The zero-order valence-electron chi connectivity index (χ0n) is 20.0. The average molecular weight is 477 g/mol. The van der Waals surface area contributed by atoms with Gasteiger partial charge in [0.2, 0.25) is 5.91 Å². The number of aliphatic carboxylic acids is 1. The van der Waals surface area contributed by atoms with Gasteiger partial charge in [-0.05, 0) is 67.2 Å². The summed E-state index contributed by atoms with van der Waals surface area (Å²) in [4.78, 5) is 36.9. The highest BCUT2D eigenvalue weighted by molar-refractivity contribution is 5.80. The van der Waals surface area contributed by atoms with Gasteiger partial charge < -0.3 is 20.5 Å². The van der Waals surface area contributed by atoms with E-state index in [1.807, 2.05) is 31.2 Å². The van der Waals surface area contributed by atoms with Crippen LogP contribution in [0.3, 0.4) is 0 Å². The maximum atomic E-state index is 12.9. The SMILES string of the molecule is CC(CC(=O)N[C@H]1CC[C@@H](C(=O)O)C1)(NC(=O)OCC1c2ccccc2-c2ccccc21)C1CC1. The van der Waals surface area contributed by atoms with E-state index < -0.39 is 23.5 Å². The van der Waals surface area contributed by atoms with E-state index in [9.17, 15) is 19.5 Å². The summed E-state index contributed by atoms with van der Waals surface area (Å²) in [6, 6.07) is 16.3. The van der Waals surface area contributed by atoms with Crippen LogP contribution in [0.15, 0.2) is 48.5 Å². The van der Waals surface area contributed by atoms with E-state index in [0.717, 1.165) is 24.0 Å². The van der Waals surface area contributed by atoms with E-state index >= 15 is 0 Å². The molecule has 3 N–H and O–H groups in total. The molecule has 2 saturated carbocycles. The van der Waals surface area contributed by atoms with Gasteiger partial charge in [0.25, 0.3) is 0 Å². The van der Waals surface area contributed by atoms with Crippen molar-refractivity contribution in [3.8, 4) is 11.1 Å². The minimum absolute atomic E-state index is 0.0202. The molecule has 0 radical (unpaired) electrons. The third-order valence-electron chi connectivity index (χ3n) is 7.88. The second-order valence-corrected chi connectivity index (χ2v) is 10.4. The molecule has 2 aromatic carbocycles. The Balaban J connectivity index is 1.19. The molecule has 7 nitrogen and oxygen atoms in total. The number of ether oxygens (including phenoxy) is 1. The molecule has 2 fully saturated rings. The maximum absolute atomic E-state index is 12.9. The van der Waals surface area contributed by atoms with Crippen molar-refractivity contribution in [2.24, 2.45) is 11.8 Å². The minimum atomic E-state index is -0.804. The molecule has 184 valence electrons. The molecule has 3 atom stereocenters. The molecule has 0 aliphatic heterocycles. The zero-order chi connectivity index (χ0) is 24.6. The average Bonchev–Trinajstić information content (AvgIpc) is 3.52. The Kier molecular flexibility index (Phi) is 6.26. The highest BCUT2D eigenvalue weighted by Gasteiger charge is 2.45. The lowest BCUT2D eigenvalue weighted by molar-refractivity contribution is -0.141. The van der Waals surface area contributed by atoms with Crippen LogP contribution in [0, 0.1) is 11.8 Å². The maximum Gasteiger partial charge on any atom is 0.407 e. The summed E-state index contributed by atoms with van der Waals surface area (Å²) in [5, 5.41) is 15.2. The lowest BCUT2D eigenvalue weighted by atomic mass is 9.91. The molecule has 2 amide bonds. The third-order valence-corrected chi connectivity index (χ3v) is 7.88. The fourth-order valence-electron chi connectivity index (χ4n) is 5.83. The number of amides is 2. The van der Waals surface area contributed by atoms with Crippen molar-refractivity contribution in [2.45, 2.75) is 62.9 Å². The summed E-state index contributed by atoms with van der Waals surface area (Å²) in [5.41, 5.74) is 3.96. The Hall–Kier alpha value is -3.35. The van der Waals surface area contributed by atoms with E-state index in [1.165, 1.54) is 11.1 Å². The number of fused-ring (bicyclic) bond motifs is 3. The van der Waals surface area contributed by atoms with Crippen LogP contribution in [-0.2, 0) is 14.3 Å². The van der Waals surface area contributed by atoms with Gasteiger partial charge in [0, 0.05) is 18.4 Å². The van der Waals surface area contributed by atoms with Gasteiger partial charge in [-0.3, -0.25) is 9.59 Å². The monoisotopic (exact) mass is 476 g/mol. The van der Waals surface area contributed by atoms with Crippen LogP contribution in [0.1, 0.15) is 62.5 Å². The summed E-state index contributed by atoms with van der Waals surface area (Å²) < 4.78 is 5.72. The number of nitrogens with one attached hydrogen (secondary N) is 2. The summed E-state index contributed by atoms with van der Waals surface area (Å²) in [6.45, 7) is 2.13. The predicted octanol–water partition coefficient (Wildman–Crippen LogP) is 4.45. The Labute approximate surface area is 205 Å². The molecule has 0 bridgehead atoms. The zero-order valence-corrected chi connectivity index (χ0v) is 20.0. The van der Waals surface area contributed by atoms with Gasteiger partial charge >= 0.3 is 12.1 Å². The number of carbonyl (C=O) groups is 3. The largest absolute Gasteiger partial charge is 0.481 e. The standard InChI is InChI=1S/C28H32N2O5/c1-28(18-11-12-18,15-25(31)29-19-13-10-17(14-19)26(32)33)30-27(34)35-16-24-22-8-4-2-6-20(22)21-7-3-5-9-23(21)24/h2-9,17-19,24H,10-16H2,1H3,(H,29,31)(H,30,34)(H,32,33)/t17-,19+,28?/m1/s1. The van der Waals surface area contributed by atoms with Crippen LogP contribution in [0.4, 0.5) is 4.79 Å². The molecule has 3 aliphatic carbocycles. The van der Waals surface area contributed by atoms with E-state index in [1.54, 1.807) is 0 Å². The molecule has 2 aromatic rings. The van der Waals surface area contributed by atoms with Crippen molar-refractivity contribution in [3.63, 3.8) is 0 Å². The van der Waals surface area contributed by atoms with E-state index in [2.05, 4.69) is 34.9 Å². The number of benzene rings is 2. The lowest BCUT2D eigenvalue weighted by Gasteiger charge is -2.31. The molecule has 0 saturated heterocycles. The number of carboxylic acid groups (broad SMARTS) is 1. The Bertz CT molecular complexity index is 1100. The van der Waals surface area contributed by atoms with Crippen molar-refractivity contribution < 1.29 is 24.2 Å². The van der Waals surface area contributed by atoms with E-state index in [0.29, 0.717) is 19.3 Å². The van der Waals surface area contributed by atoms with Gasteiger partial charge in [-0.25, -0.2) is 4.79 Å². The normalized spacial score (nSPS) is 22.5. The number of carbonyl (C=O) groups excluding carboxylic acids is 2. The molecule has 5 rings (SSSR count). The fraction of sp³-hybridized carbons (Fsp3) is 0.464. The second kappa shape index (κ2) is 9.36. The third kappa shape index (κ3) is 4.90. The number of carboxylic acids is 1. The molecular formula is C28H32N2O5. The van der Waals surface area contributed by atoms with E-state index in [-0.39, 0.29) is 36.8 Å². The van der Waals surface area contributed by atoms with Crippen LogP contribution in [0.25, 0.3) is 11.1 Å². The summed E-state index contributed by atoms with van der Waals surface area (Å²) in [6.07, 6.45) is 3.26. The molecule has 1 unspecified atom stereocenters. The molecule has 0 spiro atoms. The van der Waals surface area contributed by atoms with Gasteiger partial charge in [0.1, 0.15) is 6.61 Å². The molecule has 0 heterocycles. The summed E-state index contributed by atoms with van der Waals surface area (Å²) >= 11 is 0. The summed E-state index contributed by atoms with van der Waals surface area (Å²) in [7, 11) is 0. The first kappa shape index (κ1) is 23.4. The molecular weight excluding hydrogens is 444 g/mol. The van der Waals surface area contributed by atoms with Gasteiger partial charge in [0.05, 0.1) is 11.5 Å². The van der Waals surface area contributed by atoms with Gasteiger partial charge in [-0.1, -0.05) is 48.5 Å². The van der Waals surface area contributed by atoms with Crippen molar-refractivity contribution in [3.05, 3.63) is 59.7 Å². The second-order valence-electron chi connectivity index (χ2n) is 10.4. The van der Waals surface area contributed by atoms with Gasteiger partial charge in [0.15, 0.2) is 0 Å². The van der Waals surface area contributed by atoms with Crippen molar-refractivity contribution in [1.82, 2.24) is 10.6 Å². The van der Waals surface area contributed by atoms with Crippen molar-refractivity contribution in [1.29, 1.82) is 0 Å². The predicted molar refractivity (Wildman–Crippen MR) is 131 cm³/mol. The van der Waals surface area contributed by atoms with Crippen molar-refractivity contribution in [2.75, 3.05) is 6.61 Å². The molecule has 0 aromatic heterocycles. The van der Waals surface area contributed by atoms with Crippen LogP contribution < -0.4 is 10.6 Å². The highest BCUT2D eigenvalue weighted by atomic mass is 16.5.